The van der Waals surface area contributed by atoms with Crippen molar-refractivity contribution >= 4 is 22.7 Å². The number of H-pyrrole nitrogens is 1. The average Bonchev–Trinajstić information content (AvgIpc) is 3.03. The molecule has 0 amide bonds. The number of piperidine rings is 1. The summed E-state index contributed by atoms with van der Waals surface area (Å²) in [6.07, 6.45) is 5.60. The molecule has 6 heteroatoms. The zero-order valence-corrected chi connectivity index (χ0v) is 13.1. The number of aromatic amines is 1. The molecule has 1 unspecified atom stereocenters. The summed E-state index contributed by atoms with van der Waals surface area (Å²) in [6.45, 7) is 3.94. The van der Waals surface area contributed by atoms with E-state index in [1.54, 1.807) is 6.20 Å². The van der Waals surface area contributed by atoms with Crippen LogP contribution >= 0.6 is 0 Å². The van der Waals surface area contributed by atoms with Crippen molar-refractivity contribution in [2.75, 3.05) is 31.8 Å². The van der Waals surface area contributed by atoms with E-state index in [1.807, 2.05) is 32.3 Å². The Labute approximate surface area is 130 Å². The average molecular weight is 302 g/mol. The summed E-state index contributed by atoms with van der Waals surface area (Å²) in [7, 11) is 2.04. The van der Waals surface area contributed by atoms with E-state index in [4.69, 9.17) is 4.74 Å². The Hall–Kier alpha value is -2.08. The van der Waals surface area contributed by atoms with Crippen LogP contribution in [0.25, 0.3) is 11.0 Å². The summed E-state index contributed by atoms with van der Waals surface area (Å²) in [5, 5.41) is 5.43. The number of hydrogen-bond donors (Lipinski definition) is 1. The molecule has 6 nitrogen and oxygen atoms in total. The maximum absolute atomic E-state index is 12.0. The quantitative estimate of drug-likeness (QED) is 0.877. The Balaban J connectivity index is 1.78. The summed E-state index contributed by atoms with van der Waals surface area (Å²) in [5.74, 6) is -0.123. The summed E-state index contributed by atoms with van der Waals surface area (Å²) < 4.78 is 5.17. The molecule has 1 N–H and O–H groups in total. The highest BCUT2D eigenvalue weighted by Crippen LogP contribution is 2.27. The number of hydrogen-bond acceptors (Lipinski definition) is 5. The minimum Gasteiger partial charge on any atom is -0.466 e. The third kappa shape index (κ3) is 2.78. The van der Waals surface area contributed by atoms with Gasteiger partial charge in [0.25, 0.3) is 0 Å². The van der Waals surface area contributed by atoms with Crippen molar-refractivity contribution in [1.29, 1.82) is 0 Å². The Morgan fingerprint density at radius 2 is 2.41 bits per heavy atom. The van der Waals surface area contributed by atoms with Crippen LogP contribution in [0.15, 0.2) is 24.5 Å². The molecular weight excluding hydrogens is 280 g/mol. The van der Waals surface area contributed by atoms with Crippen LogP contribution in [0.5, 0.6) is 0 Å². The first-order chi connectivity index (χ1) is 10.7. The van der Waals surface area contributed by atoms with Gasteiger partial charge in [-0.2, -0.15) is 0 Å². The smallest absolute Gasteiger partial charge is 0.310 e. The van der Waals surface area contributed by atoms with E-state index >= 15 is 0 Å². The highest BCUT2D eigenvalue weighted by atomic mass is 16.5. The molecule has 1 aliphatic heterocycles. The first-order valence-electron chi connectivity index (χ1n) is 7.78. The van der Waals surface area contributed by atoms with Crippen LogP contribution in [0.1, 0.15) is 19.8 Å². The fourth-order valence-corrected chi connectivity index (χ4v) is 3.06. The molecule has 1 atom stereocenters. The van der Waals surface area contributed by atoms with E-state index in [0.29, 0.717) is 13.2 Å². The summed E-state index contributed by atoms with van der Waals surface area (Å²) in [6, 6.07) is 4.03. The number of anilines is 1. The van der Waals surface area contributed by atoms with Crippen molar-refractivity contribution in [3.05, 3.63) is 24.5 Å². The van der Waals surface area contributed by atoms with Crippen LogP contribution in [0.4, 0.5) is 5.69 Å². The number of hydrazine groups is 1. The van der Waals surface area contributed by atoms with Gasteiger partial charge in [0.2, 0.25) is 0 Å². The molecule has 0 saturated carbocycles. The molecule has 3 heterocycles. The number of aromatic nitrogens is 2. The van der Waals surface area contributed by atoms with Crippen molar-refractivity contribution < 1.29 is 9.53 Å². The number of carbonyl (C=O) groups excluding carboxylic acids is 1. The first-order valence-corrected chi connectivity index (χ1v) is 7.78. The molecule has 1 fully saturated rings. The van der Waals surface area contributed by atoms with Crippen molar-refractivity contribution in [2.45, 2.75) is 19.8 Å². The second kappa shape index (κ2) is 6.36. The molecule has 1 aliphatic rings. The van der Waals surface area contributed by atoms with Crippen LogP contribution in [0.3, 0.4) is 0 Å². The Morgan fingerprint density at radius 3 is 3.23 bits per heavy atom. The summed E-state index contributed by atoms with van der Waals surface area (Å²) in [5.41, 5.74) is 1.97. The maximum Gasteiger partial charge on any atom is 0.310 e. The van der Waals surface area contributed by atoms with Gasteiger partial charge in [-0.15, -0.1) is 0 Å². The van der Waals surface area contributed by atoms with Gasteiger partial charge >= 0.3 is 5.97 Å². The van der Waals surface area contributed by atoms with Crippen molar-refractivity contribution in [2.24, 2.45) is 5.92 Å². The van der Waals surface area contributed by atoms with E-state index in [1.165, 1.54) is 0 Å². The predicted octanol–water partition coefficient (Wildman–Crippen LogP) is 2.19. The molecule has 1 saturated heterocycles. The molecule has 0 aliphatic carbocycles. The van der Waals surface area contributed by atoms with E-state index in [-0.39, 0.29) is 11.9 Å². The summed E-state index contributed by atoms with van der Waals surface area (Å²) >= 11 is 0. The Bertz CT molecular complexity index is 654. The highest BCUT2D eigenvalue weighted by Gasteiger charge is 2.29. The van der Waals surface area contributed by atoms with Crippen LogP contribution in [-0.2, 0) is 9.53 Å². The van der Waals surface area contributed by atoms with Gasteiger partial charge < -0.3 is 14.7 Å². The molecule has 3 rings (SSSR count). The van der Waals surface area contributed by atoms with E-state index in [9.17, 15) is 4.79 Å². The molecule has 0 spiro atoms. The lowest BCUT2D eigenvalue weighted by Crippen LogP contribution is -2.48. The number of carbonyl (C=O) groups is 1. The van der Waals surface area contributed by atoms with Gasteiger partial charge in [0.15, 0.2) is 0 Å². The Morgan fingerprint density at radius 1 is 1.55 bits per heavy atom. The fraction of sp³-hybridized carbons (Fsp3) is 0.500. The van der Waals surface area contributed by atoms with Crippen LogP contribution < -0.4 is 5.01 Å². The molecule has 22 heavy (non-hydrogen) atoms. The predicted molar refractivity (Wildman–Crippen MR) is 85.4 cm³/mol. The zero-order chi connectivity index (χ0) is 15.5. The largest absolute Gasteiger partial charge is 0.466 e. The van der Waals surface area contributed by atoms with Crippen LogP contribution in [0.2, 0.25) is 0 Å². The fourth-order valence-electron chi connectivity index (χ4n) is 3.06. The monoisotopic (exact) mass is 302 g/mol. The molecule has 0 aromatic carbocycles. The normalized spacial score (nSPS) is 19.3. The number of nitrogens with one attached hydrogen (secondary N) is 1. The highest BCUT2D eigenvalue weighted by molar-refractivity contribution is 5.89. The summed E-state index contributed by atoms with van der Waals surface area (Å²) in [4.78, 5) is 19.4. The molecule has 2 aromatic heterocycles. The lowest BCUT2D eigenvalue weighted by Gasteiger charge is -2.39. The molecule has 0 bridgehead atoms. The first kappa shape index (κ1) is 14.8. The lowest BCUT2D eigenvalue weighted by atomic mass is 9.99. The maximum atomic E-state index is 12.0. The molecular formula is C16H22N4O2. The SMILES string of the molecule is CCOC(=O)C1CCCN(N(C)c2ccnc3[nH]ccc23)C1. The van der Waals surface area contributed by atoms with Gasteiger partial charge in [-0.1, -0.05) is 0 Å². The van der Waals surface area contributed by atoms with Gasteiger partial charge in [0, 0.05) is 37.9 Å². The number of rotatable bonds is 4. The second-order valence-electron chi connectivity index (χ2n) is 5.60. The van der Waals surface area contributed by atoms with Gasteiger partial charge in [0.05, 0.1) is 18.2 Å². The standard InChI is InChI=1S/C16H22N4O2/c1-3-22-16(21)12-5-4-10-20(11-12)19(2)14-7-9-18-15-13(14)6-8-17-15/h6-9,12H,3-5,10-11H2,1-2H3,(H,17,18). The van der Waals surface area contributed by atoms with Crippen molar-refractivity contribution in [3.8, 4) is 0 Å². The zero-order valence-electron chi connectivity index (χ0n) is 13.1. The van der Waals surface area contributed by atoms with Crippen LogP contribution in [0, 0.1) is 5.92 Å². The van der Waals surface area contributed by atoms with Crippen molar-refractivity contribution in [3.63, 3.8) is 0 Å². The number of ether oxygens (including phenoxy) is 1. The number of fused-ring (bicyclic) bond motifs is 1. The number of esters is 1. The number of pyridine rings is 1. The lowest BCUT2D eigenvalue weighted by molar-refractivity contribution is -0.149. The van der Waals surface area contributed by atoms with E-state index in [0.717, 1.165) is 36.1 Å². The van der Waals surface area contributed by atoms with Gasteiger partial charge in [-0.3, -0.25) is 4.79 Å². The second-order valence-corrected chi connectivity index (χ2v) is 5.60. The molecule has 0 radical (unpaired) electrons. The third-order valence-corrected chi connectivity index (χ3v) is 4.23. The minimum atomic E-state index is -0.0814. The molecule has 118 valence electrons. The topological polar surface area (TPSA) is 61.5 Å². The van der Waals surface area contributed by atoms with Crippen LogP contribution in [-0.4, -0.2) is 47.7 Å². The van der Waals surface area contributed by atoms with Gasteiger partial charge in [-0.05, 0) is 31.9 Å². The Kier molecular flexibility index (Phi) is 4.29. The third-order valence-electron chi connectivity index (χ3n) is 4.23. The van der Waals surface area contributed by atoms with E-state index in [2.05, 4.69) is 20.0 Å². The van der Waals surface area contributed by atoms with Gasteiger partial charge in [-0.25, -0.2) is 9.99 Å². The minimum absolute atomic E-state index is 0.0419. The number of nitrogens with zero attached hydrogens (tertiary/aromatic N) is 3. The van der Waals surface area contributed by atoms with Crippen molar-refractivity contribution in [1.82, 2.24) is 15.0 Å². The van der Waals surface area contributed by atoms with Gasteiger partial charge in [0.1, 0.15) is 5.65 Å². The molecule has 2 aromatic rings. The van der Waals surface area contributed by atoms with E-state index < -0.39 is 0 Å².